The summed E-state index contributed by atoms with van der Waals surface area (Å²) in [6.07, 6.45) is 3.28. The van der Waals surface area contributed by atoms with Gasteiger partial charge < -0.3 is 10.2 Å². The molecule has 0 amide bonds. The molecule has 0 spiro atoms. The van der Waals surface area contributed by atoms with E-state index in [0.717, 1.165) is 11.3 Å². The van der Waals surface area contributed by atoms with Crippen LogP contribution < -0.4 is 5.73 Å². The van der Waals surface area contributed by atoms with Gasteiger partial charge in [-0.25, -0.2) is 0 Å². The fourth-order valence-corrected chi connectivity index (χ4v) is 1.05. The topological polar surface area (TPSA) is 52.0 Å². The summed E-state index contributed by atoms with van der Waals surface area (Å²) in [5, 5.41) is 0. The standard InChI is InChI=1S/C9H8N2O/c10-9-7(4-6-12-9)8-3-1-2-5-11-8/h1-6H,10H2. The van der Waals surface area contributed by atoms with Crippen LogP contribution >= 0.6 is 0 Å². The quantitative estimate of drug-likeness (QED) is 0.693. The minimum Gasteiger partial charge on any atom is -0.449 e. The molecule has 0 aliphatic rings. The maximum atomic E-state index is 5.57. The molecular weight excluding hydrogens is 152 g/mol. The molecular formula is C9H8N2O. The highest BCUT2D eigenvalue weighted by Gasteiger charge is 2.04. The number of aromatic nitrogens is 1. The molecule has 12 heavy (non-hydrogen) atoms. The van der Waals surface area contributed by atoms with Crippen molar-refractivity contribution in [2.24, 2.45) is 0 Å². The van der Waals surface area contributed by atoms with Crippen LogP contribution in [-0.4, -0.2) is 4.98 Å². The monoisotopic (exact) mass is 160 g/mol. The Kier molecular flexibility index (Phi) is 1.55. The first kappa shape index (κ1) is 6.91. The molecule has 2 aromatic rings. The molecule has 0 aliphatic carbocycles. The van der Waals surface area contributed by atoms with Gasteiger partial charge in [0, 0.05) is 6.20 Å². The third-order valence-electron chi connectivity index (χ3n) is 1.64. The number of pyridine rings is 1. The van der Waals surface area contributed by atoms with Crippen LogP contribution in [0.1, 0.15) is 0 Å². The van der Waals surface area contributed by atoms with Gasteiger partial charge in [-0.15, -0.1) is 0 Å². The third-order valence-corrected chi connectivity index (χ3v) is 1.64. The Labute approximate surface area is 69.8 Å². The number of nitrogens with zero attached hydrogens (tertiary/aromatic N) is 1. The van der Waals surface area contributed by atoms with Crippen LogP contribution in [0.4, 0.5) is 5.88 Å². The summed E-state index contributed by atoms with van der Waals surface area (Å²) in [5.74, 6) is 0.411. The molecule has 0 atom stereocenters. The fourth-order valence-electron chi connectivity index (χ4n) is 1.05. The minimum atomic E-state index is 0.411. The van der Waals surface area contributed by atoms with Crippen molar-refractivity contribution in [3.05, 3.63) is 36.7 Å². The molecule has 2 rings (SSSR count). The SMILES string of the molecule is Nc1occc1-c1ccccn1. The van der Waals surface area contributed by atoms with Crippen molar-refractivity contribution in [3.8, 4) is 11.3 Å². The number of anilines is 1. The van der Waals surface area contributed by atoms with E-state index >= 15 is 0 Å². The van der Waals surface area contributed by atoms with Gasteiger partial charge >= 0.3 is 0 Å². The van der Waals surface area contributed by atoms with Crippen LogP contribution in [0, 0.1) is 0 Å². The lowest BCUT2D eigenvalue weighted by Gasteiger charge is -1.95. The van der Waals surface area contributed by atoms with Crippen molar-refractivity contribution >= 4 is 5.88 Å². The van der Waals surface area contributed by atoms with E-state index in [1.807, 2.05) is 18.2 Å². The maximum Gasteiger partial charge on any atom is 0.199 e. The predicted molar refractivity (Wildman–Crippen MR) is 46.4 cm³/mol. The van der Waals surface area contributed by atoms with Gasteiger partial charge in [-0.2, -0.15) is 0 Å². The van der Waals surface area contributed by atoms with Crippen molar-refractivity contribution in [2.75, 3.05) is 5.73 Å². The summed E-state index contributed by atoms with van der Waals surface area (Å²) >= 11 is 0. The van der Waals surface area contributed by atoms with Crippen molar-refractivity contribution < 1.29 is 4.42 Å². The van der Waals surface area contributed by atoms with E-state index in [-0.39, 0.29) is 0 Å². The van der Waals surface area contributed by atoms with Crippen molar-refractivity contribution in [1.29, 1.82) is 0 Å². The number of rotatable bonds is 1. The zero-order valence-corrected chi connectivity index (χ0v) is 6.40. The van der Waals surface area contributed by atoms with Gasteiger partial charge in [0.2, 0.25) is 0 Å². The highest BCUT2D eigenvalue weighted by Crippen LogP contribution is 2.23. The van der Waals surface area contributed by atoms with Gasteiger partial charge in [0.25, 0.3) is 0 Å². The molecule has 2 aromatic heterocycles. The van der Waals surface area contributed by atoms with Gasteiger partial charge in [-0.3, -0.25) is 4.98 Å². The summed E-state index contributed by atoms with van der Waals surface area (Å²) in [6, 6.07) is 7.47. The maximum absolute atomic E-state index is 5.57. The van der Waals surface area contributed by atoms with Crippen LogP contribution in [0.5, 0.6) is 0 Å². The Morgan fingerprint density at radius 1 is 1.25 bits per heavy atom. The zero-order chi connectivity index (χ0) is 8.39. The van der Waals surface area contributed by atoms with Crippen molar-refractivity contribution in [2.45, 2.75) is 0 Å². The van der Waals surface area contributed by atoms with Crippen LogP contribution in [0.2, 0.25) is 0 Å². The lowest BCUT2D eigenvalue weighted by Crippen LogP contribution is -1.86. The molecule has 0 saturated heterocycles. The molecule has 0 fully saturated rings. The van der Waals surface area contributed by atoms with Crippen molar-refractivity contribution in [3.63, 3.8) is 0 Å². The summed E-state index contributed by atoms with van der Waals surface area (Å²) < 4.78 is 4.96. The Morgan fingerprint density at radius 2 is 2.17 bits per heavy atom. The lowest BCUT2D eigenvalue weighted by molar-refractivity contribution is 0.588. The molecule has 0 saturated carbocycles. The van der Waals surface area contributed by atoms with E-state index < -0.39 is 0 Å². The second-order valence-corrected chi connectivity index (χ2v) is 2.41. The first-order valence-electron chi connectivity index (χ1n) is 3.62. The largest absolute Gasteiger partial charge is 0.449 e. The van der Waals surface area contributed by atoms with E-state index in [1.54, 1.807) is 18.5 Å². The van der Waals surface area contributed by atoms with Crippen LogP contribution in [0.3, 0.4) is 0 Å². The number of nitrogen functional groups attached to an aromatic ring is 1. The summed E-state index contributed by atoms with van der Waals surface area (Å²) in [5.41, 5.74) is 7.25. The lowest BCUT2D eigenvalue weighted by atomic mass is 10.2. The number of furan rings is 1. The van der Waals surface area contributed by atoms with E-state index in [4.69, 9.17) is 10.2 Å². The van der Waals surface area contributed by atoms with Gasteiger partial charge in [0.1, 0.15) is 0 Å². The molecule has 2 heterocycles. The Bertz CT molecular complexity index is 367. The van der Waals surface area contributed by atoms with Crippen LogP contribution in [-0.2, 0) is 0 Å². The summed E-state index contributed by atoms with van der Waals surface area (Å²) in [6.45, 7) is 0. The average molecular weight is 160 g/mol. The second kappa shape index (κ2) is 2.70. The Hall–Kier alpha value is -1.77. The molecule has 0 aromatic carbocycles. The second-order valence-electron chi connectivity index (χ2n) is 2.41. The van der Waals surface area contributed by atoms with Gasteiger partial charge in [-0.05, 0) is 18.2 Å². The van der Waals surface area contributed by atoms with Gasteiger partial charge in [0.15, 0.2) is 5.88 Å². The highest BCUT2D eigenvalue weighted by molar-refractivity contribution is 5.69. The van der Waals surface area contributed by atoms with Crippen LogP contribution in [0.15, 0.2) is 41.1 Å². The Balaban J connectivity index is 2.51. The first-order chi connectivity index (χ1) is 5.88. The van der Waals surface area contributed by atoms with Crippen LogP contribution in [0.25, 0.3) is 11.3 Å². The van der Waals surface area contributed by atoms with E-state index in [0.29, 0.717) is 5.88 Å². The fraction of sp³-hybridized carbons (Fsp3) is 0. The molecule has 3 heteroatoms. The molecule has 3 nitrogen and oxygen atoms in total. The summed E-state index contributed by atoms with van der Waals surface area (Å²) in [4.78, 5) is 4.14. The van der Waals surface area contributed by atoms with Gasteiger partial charge in [0.05, 0.1) is 17.5 Å². The molecule has 0 aliphatic heterocycles. The first-order valence-corrected chi connectivity index (χ1v) is 3.62. The molecule has 0 unspecified atom stereocenters. The van der Waals surface area contributed by atoms with Crippen molar-refractivity contribution in [1.82, 2.24) is 4.98 Å². The normalized spacial score (nSPS) is 10.0. The molecule has 0 bridgehead atoms. The average Bonchev–Trinajstić information content (AvgIpc) is 2.53. The smallest absolute Gasteiger partial charge is 0.199 e. The third kappa shape index (κ3) is 1.05. The predicted octanol–water partition coefficient (Wildman–Crippen LogP) is 1.92. The number of hydrogen-bond donors (Lipinski definition) is 1. The molecule has 0 radical (unpaired) electrons. The van der Waals surface area contributed by atoms with E-state index in [2.05, 4.69) is 4.98 Å². The summed E-state index contributed by atoms with van der Waals surface area (Å²) in [7, 11) is 0. The zero-order valence-electron chi connectivity index (χ0n) is 6.40. The number of hydrogen-bond acceptors (Lipinski definition) is 3. The molecule has 60 valence electrons. The molecule has 2 N–H and O–H groups in total. The number of nitrogens with two attached hydrogens (primary N) is 1. The highest BCUT2D eigenvalue weighted by atomic mass is 16.3. The van der Waals surface area contributed by atoms with Gasteiger partial charge in [-0.1, -0.05) is 6.07 Å². The van der Waals surface area contributed by atoms with E-state index in [1.165, 1.54) is 0 Å². The van der Waals surface area contributed by atoms with E-state index in [9.17, 15) is 0 Å². The Morgan fingerprint density at radius 3 is 2.75 bits per heavy atom. The minimum absolute atomic E-state index is 0.411.